The molecule has 2 rings (SSSR count). The monoisotopic (exact) mass is 291 g/mol. The molecule has 0 unspecified atom stereocenters. The molecule has 0 aliphatic heterocycles. The van der Waals surface area contributed by atoms with Crippen molar-refractivity contribution in [3.8, 4) is 11.8 Å². The Balaban J connectivity index is 2.20. The second kappa shape index (κ2) is 7.06. The summed E-state index contributed by atoms with van der Waals surface area (Å²) in [5.74, 6) is 6.45. The molecule has 0 heterocycles. The van der Waals surface area contributed by atoms with Crippen LogP contribution in [0.15, 0.2) is 59.6 Å². The summed E-state index contributed by atoms with van der Waals surface area (Å²) in [6.07, 6.45) is 2.92. The highest BCUT2D eigenvalue weighted by Gasteiger charge is 2.10. The Morgan fingerprint density at radius 1 is 0.905 bits per heavy atom. The van der Waals surface area contributed by atoms with Crippen molar-refractivity contribution in [2.24, 2.45) is 4.99 Å². The van der Waals surface area contributed by atoms with E-state index in [2.05, 4.69) is 42.5 Å². The third-order valence-corrected chi connectivity index (χ3v) is 4.00. The van der Waals surface area contributed by atoms with Crippen molar-refractivity contribution in [1.29, 1.82) is 0 Å². The molecule has 0 aromatic heterocycles. The Hall–Kier alpha value is -2.11. The first-order chi connectivity index (χ1) is 10.0. The van der Waals surface area contributed by atoms with E-state index in [0.29, 0.717) is 0 Å². The fraction of sp³-hybridized carbons (Fsp3) is 0.211. The van der Waals surface area contributed by atoms with Crippen molar-refractivity contribution in [2.45, 2.75) is 19.6 Å². The Morgan fingerprint density at radius 2 is 1.57 bits per heavy atom. The standard InChI is InChI=1S/C19H21NSi/c1-21(2,3)16-20-15-19-12-8-7-11-18(19)14-13-17-9-5-4-6-10-17/h4-12,15H,16H2,1-3H3/b20-15+. The average molecular weight is 291 g/mol. The van der Waals surface area contributed by atoms with Gasteiger partial charge in [0.05, 0.1) is 8.07 Å². The molecule has 0 N–H and O–H groups in total. The molecule has 0 radical (unpaired) electrons. The van der Waals surface area contributed by atoms with E-state index in [1.165, 1.54) is 0 Å². The van der Waals surface area contributed by atoms with Crippen LogP contribution in [0, 0.1) is 11.8 Å². The minimum absolute atomic E-state index is 0.952. The number of aliphatic imine (C=N–C) groups is 1. The highest BCUT2D eigenvalue weighted by Crippen LogP contribution is 2.07. The van der Waals surface area contributed by atoms with Gasteiger partial charge in [-0.15, -0.1) is 0 Å². The van der Waals surface area contributed by atoms with Gasteiger partial charge in [0.15, 0.2) is 0 Å². The molecule has 21 heavy (non-hydrogen) atoms. The van der Waals surface area contributed by atoms with Gasteiger partial charge in [0, 0.05) is 29.1 Å². The molecule has 0 saturated carbocycles. The van der Waals surface area contributed by atoms with E-state index in [1.54, 1.807) is 0 Å². The summed E-state index contributed by atoms with van der Waals surface area (Å²) in [7, 11) is -1.13. The number of rotatable bonds is 3. The maximum absolute atomic E-state index is 4.60. The van der Waals surface area contributed by atoms with Crippen LogP contribution < -0.4 is 0 Å². The summed E-state index contributed by atoms with van der Waals surface area (Å²) in [5.41, 5.74) is 3.16. The molecule has 0 aliphatic carbocycles. The van der Waals surface area contributed by atoms with Crippen LogP contribution in [-0.4, -0.2) is 20.5 Å². The first-order valence-electron chi connectivity index (χ1n) is 7.20. The van der Waals surface area contributed by atoms with Gasteiger partial charge in [-0.05, 0) is 18.2 Å². The van der Waals surface area contributed by atoms with Gasteiger partial charge in [-0.2, -0.15) is 0 Å². The van der Waals surface area contributed by atoms with Crippen LogP contribution in [0.25, 0.3) is 0 Å². The molecule has 0 saturated heterocycles. The maximum Gasteiger partial charge on any atom is 0.0692 e. The molecule has 0 fully saturated rings. The first-order valence-corrected chi connectivity index (χ1v) is 10.9. The number of hydrogen-bond acceptors (Lipinski definition) is 1. The smallest absolute Gasteiger partial charge is 0.0692 e. The lowest BCUT2D eigenvalue weighted by Gasteiger charge is -2.10. The van der Waals surface area contributed by atoms with Gasteiger partial charge >= 0.3 is 0 Å². The topological polar surface area (TPSA) is 12.4 Å². The normalized spacial score (nSPS) is 11.2. The number of nitrogens with zero attached hydrogens (tertiary/aromatic N) is 1. The van der Waals surface area contributed by atoms with Gasteiger partial charge in [0.25, 0.3) is 0 Å². The maximum atomic E-state index is 4.60. The molecule has 0 amide bonds. The lowest BCUT2D eigenvalue weighted by molar-refractivity contribution is 1.29. The Morgan fingerprint density at radius 3 is 2.29 bits per heavy atom. The zero-order valence-electron chi connectivity index (χ0n) is 12.9. The third-order valence-electron chi connectivity index (χ3n) is 2.87. The van der Waals surface area contributed by atoms with Crippen molar-refractivity contribution in [3.05, 3.63) is 71.3 Å². The fourth-order valence-corrected chi connectivity index (χ4v) is 2.44. The molecule has 0 bridgehead atoms. The molecule has 106 valence electrons. The third kappa shape index (κ3) is 5.41. The van der Waals surface area contributed by atoms with E-state index in [4.69, 9.17) is 0 Å². The van der Waals surface area contributed by atoms with Gasteiger partial charge in [-0.25, -0.2) is 0 Å². The molecule has 1 nitrogen and oxygen atoms in total. The van der Waals surface area contributed by atoms with E-state index >= 15 is 0 Å². The van der Waals surface area contributed by atoms with E-state index in [1.807, 2.05) is 54.7 Å². The second-order valence-electron chi connectivity index (χ2n) is 6.23. The van der Waals surface area contributed by atoms with Crippen LogP contribution >= 0.6 is 0 Å². The van der Waals surface area contributed by atoms with Gasteiger partial charge in [-0.1, -0.05) is 67.9 Å². The SMILES string of the molecule is C[Si](C)(C)C/N=C/c1ccccc1C#Cc1ccccc1. The minimum atomic E-state index is -1.13. The summed E-state index contributed by atoms with van der Waals surface area (Å²) >= 11 is 0. The summed E-state index contributed by atoms with van der Waals surface area (Å²) in [6, 6.07) is 18.2. The molecule has 0 spiro atoms. The largest absolute Gasteiger partial charge is 0.296 e. The van der Waals surface area contributed by atoms with Crippen molar-refractivity contribution in [1.82, 2.24) is 0 Å². The van der Waals surface area contributed by atoms with Crippen LogP contribution in [0.1, 0.15) is 16.7 Å². The van der Waals surface area contributed by atoms with Crippen molar-refractivity contribution in [2.75, 3.05) is 6.17 Å². The molecule has 2 aromatic rings. The Kier molecular flexibility index (Phi) is 5.13. The highest BCUT2D eigenvalue weighted by atomic mass is 28.3. The Bertz CT molecular complexity index is 670. The first kappa shape index (κ1) is 15.3. The van der Waals surface area contributed by atoms with Crippen LogP contribution in [0.2, 0.25) is 19.6 Å². The van der Waals surface area contributed by atoms with Gasteiger partial charge in [0.1, 0.15) is 0 Å². The highest BCUT2D eigenvalue weighted by molar-refractivity contribution is 6.76. The lowest BCUT2D eigenvalue weighted by Crippen LogP contribution is -2.24. The van der Waals surface area contributed by atoms with Crippen LogP contribution in [-0.2, 0) is 0 Å². The predicted molar refractivity (Wildman–Crippen MR) is 94.7 cm³/mol. The number of benzene rings is 2. The molecule has 2 heteroatoms. The summed E-state index contributed by atoms with van der Waals surface area (Å²) < 4.78 is 0. The van der Waals surface area contributed by atoms with Crippen LogP contribution in [0.4, 0.5) is 0 Å². The fourth-order valence-electron chi connectivity index (χ4n) is 1.80. The van der Waals surface area contributed by atoms with E-state index in [-0.39, 0.29) is 0 Å². The molecule has 0 aliphatic rings. The summed E-state index contributed by atoms with van der Waals surface area (Å²) in [6.45, 7) is 6.97. The quantitative estimate of drug-likeness (QED) is 0.452. The van der Waals surface area contributed by atoms with E-state index in [0.717, 1.165) is 22.9 Å². The molecule has 0 atom stereocenters. The van der Waals surface area contributed by atoms with Crippen LogP contribution in [0.3, 0.4) is 0 Å². The summed E-state index contributed by atoms with van der Waals surface area (Å²) in [5, 5.41) is 0. The average Bonchev–Trinajstić information content (AvgIpc) is 2.46. The number of hydrogen-bond donors (Lipinski definition) is 0. The van der Waals surface area contributed by atoms with Crippen LogP contribution in [0.5, 0.6) is 0 Å². The van der Waals surface area contributed by atoms with Gasteiger partial charge < -0.3 is 0 Å². The van der Waals surface area contributed by atoms with Crippen molar-refractivity contribution in [3.63, 3.8) is 0 Å². The zero-order valence-corrected chi connectivity index (χ0v) is 13.9. The predicted octanol–water partition coefficient (Wildman–Crippen LogP) is 4.38. The van der Waals surface area contributed by atoms with E-state index < -0.39 is 8.07 Å². The molecular weight excluding hydrogens is 270 g/mol. The van der Waals surface area contributed by atoms with Crippen molar-refractivity contribution >= 4 is 14.3 Å². The Labute approximate surface area is 128 Å². The van der Waals surface area contributed by atoms with E-state index in [9.17, 15) is 0 Å². The summed E-state index contributed by atoms with van der Waals surface area (Å²) in [4.78, 5) is 4.60. The second-order valence-corrected chi connectivity index (χ2v) is 11.7. The zero-order chi connectivity index (χ0) is 15.1. The van der Waals surface area contributed by atoms with Gasteiger partial charge in [-0.3, -0.25) is 4.99 Å². The minimum Gasteiger partial charge on any atom is -0.296 e. The van der Waals surface area contributed by atoms with Crippen molar-refractivity contribution < 1.29 is 0 Å². The van der Waals surface area contributed by atoms with Gasteiger partial charge in [0.2, 0.25) is 0 Å². The molecule has 2 aromatic carbocycles. The lowest BCUT2D eigenvalue weighted by atomic mass is 10.1. The molecular formula is C19H21NSi.